The molecule has 7 heteroatoms. The first-order valence-corrected chi connectivity index (χ1v) is 9.61. The Balaban J connectivity index is 1.81. The van der Waals surface area contributed by atoms with Gasteiger partial charge in [-0.25, -0.2) is 4.79 Å². The van der Waals surface area contributed by atoms with Crippen molar-refractivity contribution in [1.29, 1.82) is 0 Å². The van der Waals surface area contributed by atoms with Gasteiger partial charge in [0, 0.05) is 39.9 Å². The van der Waals surface area contributed by atoms with E-state index >= 15 is 0 Å². The highest BCUT2D eigenvalue weighted by molar-refractivity contribution is 5.91. The zero-order valence-electron chi connectivity index (χ0n) is 17.6. The van der Waals surface area contributed by atoms with Crippen LogP contribution in [0.5, 0.6) is 5.75 Å². The minimum atomic E-state index is -0.306. The molecular weight excluding hydrogens is 368 g/mol. The molecule has 0 saturated heterocycles. The SMILES string of the molecule is Cc1ccc(NC(=O)NCCCN(C)c2ccccc2)c(OCC(=O)N(C)C)c1. The van der Waals surface area contributed by atoms with Crippen molar-refractivity contribution in [2.24, 2.45) is 0 Å². The molecule has 3 amide bonds. The number of benzene rings is 2. The number of anilines is 2. The number of likely N-dealkylation sites (N-methyl/N-ethyl adjacent to an activating group) is 1. The Morgan fingerprint density at radius 2 is 1.76 bits per heavy atom. The van der Waals surface area contributed by atoms with Crippen LogP contribution in [0.15, 0.2) is 48.5 Å². The number of hydrogen-bond acceptors (Lipinski definition) is 4. The van der Waals surface area contributed by atoms with Crippen molar-refractivity contribution >= 4 is 23.3 Å². The molecule has 0 radical (unpaired) electrons. The van der Waals surface area contributed by atoms with Crippen LogP contribution in [0.4, 0.5) is 16.2 Å². The molecule has 0 heterocycles. The Morgan fingerprint density at radius 1 is 1.03 bits per heavy atom. The van der Waals surface area contributed by atoms with E-state index in [-0.39, 0.29) is 18.5 Å². The molecule has 0 fully saturated rings. The molecule has 0 saturated carbocycles. The summed E-state index contributed by atoms with van der Waals surface area (Å²) in [6.07, 6.45) is 0.813. The summed E-state index contributed by atoms with van der Waals surface area (Å²) in [5.41, 5.74) is 2.65. The largest absolute Gasteiger partial charge is 0.482 e. The van der Waals surface area contributed by atoms with Gasteiger partial charge in [0.05, 0.1) is 5.69 Å². The summed E-state index contributed by atoms with van der Waals surface area (Å²) in [6, 6.07) is 15.3. The lowest BCUT2D eigenvalue weighted by molar-refractivity contribution is -0.130. The summed E-state index contributed by atoms with van der Waals surface area (Å²) in [5, 5.41) is 5.65. The maximum Gasteiger partial charge on any atom is 0.319 e. The first-order valence-electron chi connectivity index (χ1n) is 9.61. The lowest BCUT2D eigenvalue weighted by Crippen LogP contribution is -2.32. The topological polar surface area (TPSA) is 73.9 Å². The van der Waals surface area contributed by atoms with Crippen LogP contribution in [-0.2, 0) is 4.79 Å². The lowest BCUT2D eigenvalue weighted by atomic mass is 10.2. The number of rotatable bonds is 9. The highest BCUT2D eigenvalue weighted by Crippen LogP contribution is 2.25. The Kier molecular flexibility index (Phi) is 8.33. The monoisotopic (exact) mass is 398 g/mol. The average Bonchev–Trinajstić information content (AvgIpc) is 2.71. The van der Waals surface area contributed by atoms with Gasteiger partial charge in [-0.2, -0.15) is 0 Å². The molecule has 2 N–H and O–H groups in total. The minimum Gasteiger partial charge on any atom is -0.482 e. The van der Waals surface area contributed by atoms with Crippen LogP contribution in [0.3, 0.4) is 0 Å². The highest BCUT2D eigenvalue weighted by atomic mass is 16.5. The molecule has 0 bridgehead atoms. The Labute approximate surface area is 172 Å². The second-order valence-electron chi connectivity index (χ2n) is 7.07. The first kappa shape index (κ1) is 22.1. The predicted molar refractivity (Wildman–Crippen MR) is 117 cm³/mol. The third-order valence-corrected chi connectivity index (χ3v) is 4.39. The van der Waals surface area contributed by atoms with E-state index in [4.69, 9.17) is 4.74 Å². The quantitative estimate of drug-likeness (QED) is 0.637. The smallest absolute Gasteiger partial charge is 0.319 e. The van der Waals surface area contributed by atoms with E-state index in [1.807, 2.05) is 38.2 Å². The molecule has 0 aromatic heterocycles. The van der Waals surface area contributed by atoms with Gasteiger partial charge in [-0.1, -0.05) is 24.3 Å². The number of carbonyl (C=O) groups is 2. The molecule has 2 rings (SSSR count). The van der Waals surface area contributed by atoms with E-state index in [1.165, 1.54) is 4.90 Å². The van der Waals surface area contributed by atoms with Gasteiger partial charge in [0.1, 0.15) is 5.75 Å². The molecule has 7 nitrogen and oxygen atoms in total. The van der Waals surface area contributed by atoms with Crippen molar-refractivity contribution in [3.8, 4) is 5.75 Å². The van der Waals surface area contributed by atoms with Crippen LogP contribution in [0.25, 0.3) is 0 Å². The summed E-state index contributed by atoms with van der Waals surface area (Å²) >= 11 is 0. The standard InChI is InChI=1S/C22H30N4O3/c1-17-11-12-19(20(15-17)29-16-21(27)25(2)3)24-22(28)23-13-8-14-26(4)18-9-6-5-7-10-18/h5-7,9-12,15H,8,13-14,16H2,1-4H3,(H2,23,24,28). The summed E-state index contributed by atoms with van der Waals surface area (Å²) in [5.74, 6) is 0.323. The van der Waals surface area contributed by atoms with Gasteiger partial charge >= 0.3 is 6.03 Å². The maximum absolute atomic E-state index is 12.2. The van der Waals surface area contributed by atoms with Crippen molar-refractivity contribution in [3.05, 3.63) is 54.1 Å². The van der Waals surface area contributed by atoms with Crippen molar-refractivity contribution in [3.63, 3.8) is 0 Å². The number of nitrogens with zero attached hydrogens (tertiary/aromatic N) is 2. The van der Waals surface area contributed by atoms with Crippen LogP contribution in [0.2, 0.25) is 0 Å². The summed E-state index contributed by atoms with van der Waals surface area (Å²) < 4.78 is 5.61. The number of nitrogens with one attached hydrogen (secondary N) is 2. The average molecular weight is 399 g/mol. The van der Waals surface area contributed by atoms with Gasteiger partial charge in [-0.15, -0.1) is 0 Å². The summed E-state index contributed by atoms with van der Waals surface area (Å²) in [7, 11) is 5.37. The maximum atomic E-state index is 12.2. The van der Waals surface area contributed by atoms with Gasteiger partial charge < -0.3 is 25.2 Å². The zero-order chi connectivity index (χ0) is 21.2. The van der Waals surface area contributed by atoms with Crippen LogP contribution in [-0.4, -0.2) is 57.7 Å². The molecule has 156 valence electrons. The Hall–Kier alpha value is -3.22. The van der Waals surface area contributed by atoms with E-state index < -0.39 is 0 Å². The van der Waals surface area contributed by atoms with E-state index in [2.05, 4.69) is 27.7 Å². The van der Waals surface area contributed by atoms with Gasteiger partial charge in [-0.05, 0) is 43.2 Å². The predicted octanol–water partition coefficient (Wildman–Crippen LogP) is 3.11. The fourth-order valence-electron chi connectivity index (χ4n) is 2.62. The fraction of sp³-hybridized carbons (Fsp3) is 0.364. The summed E-state index contributed by atoms with van der Waals surface area (Å²) in [6.45, 7) is 3.21. The molecule has 0 atom stereocenters. The van der Waals surface area contributed by atoms with Gasteiger partial charge in [-0.3, -0.25) is 4.79 Å². The number of amides is 3. The third kappa shape index (κ3) is 7.37. The molecule has 2 aromatic rings. The Bertz CT molecular complexity index is 809. The minimum absolute atomic E-state index is 0.0847. The second-order valence-corrected chi connectivity index (χ2v) is 7.07. The molecule has 0 spiro atoms. The van der Waals surface area contributed by atoms with Gasteiger partial charge in [0.25, 0.3) is 5.91 Å². The first-order chi connectivity index (χ1) is 13.9. The van der Waals surface area contributed by atoms with Crippen LogP contribution in [0, 0.1) is 6.92 Å². The van der Waals surface area contributed by atoms with Gasteiger partial charge in [0.15, 0.2) is 6.61 Å². The lowest BCUT2D eigenvalue weighted by Gasteiger charge is -2.19. The summed E-state index contributed by atoms with van der Waals surface area (Å²) in [4.78, 5) is 27.6. The van der Waals surface area contributed by atoms with Crippen LogP contribution >= 0.6 is 0 Å². The third-order valence-electron chi connectivity index (χ3n) is 4.39. The molecule has 0 aliphatic rings. The number of ether oxygens (including phenoxy) is 1. The molecule has 0 aliphatic carbocycles. The zero-order valence-corrected chi connectivity index (χ0v) is 17.6. The molecule has 0 aliphatic heterocycles. The second kappa shape index (κ2) is 10.9. The Morgan fingerprint density at radius 3 is 2.45 bits per heavy atom. The van der Waals surface area contributed by atoms with E-state index in [1.54, 1.807) is 26.2 Å². The highest BCUT2D eigenvalue weighted by Gasteiger charge is 2.11. The normalized spacial score (nSPS) is 10.2. The van der Waals surface area contributed by atoms with E-state index in [9.17, 15) is 9.59 Å². The van der Waals surface area contributed by atoms with Crippen molar-refractivity contribution < 1.29 is 14.3 Å². The molecule has 0 unspecified atom stereocenters. The number of urea groups is 1. The van der Waals surface area contributed by atoms with Gasteiger partial charge in [0.2, 0.25) is 0 Å². The molecule has 2 aromatic carbocycles. The molecule has 29 heavy (non-hydrogen) atoms. The fourth-order valence-corrected chi connectivity index (χ4v) is 2.62. The van der Waals surface area contributed by atoms with Crippen LogP contribution < -0.4 is 20.3 Å². The van der Waals surface area contributed by atoms with E-state index in [0.29, 0.717) is 18.0 Å². The number of carbonyl (C=O) groups excluding carboxylic acids is 2. The number of para-hydroxylation sites is 1. The van der Waals surface area contributed by atoms with E-state index in [0.717, 1.165) is 24.2 Å². The van der Waals surface area contributed by atoms with Crippen molar-refractivity contribution in [1.82, 2.24) is 10.2 Å². The number of aryl methyl sites for hydroxylation is 1. The van der Waals surface area contributed by atoms with Crippen LogP contribution in [0.1, 0.15) is 12.0 Å². The number of hydrogen-bond donors (Lipinski definition) is 2. The van der Waals surface area contributed by atoms with Crippen molar-refractivity contribution in [2.75, 3.05) is 51.1 Å². The molecular formula is C22H30N4O3. The van der Waals surface area contributed by atoms with Crippen molar-refractivity contribution in [2.45, 2.75) is 13.3 Å².